The average Bonchev–Trinajstić information content (AvgIpc) is 2.75. The SMILES string of the molecule is Br.Nc1nc(-c2ccc3c(c2)OCCO3)cs1. The van der Waals surface area contributed by atoms with Gasteiger partial charge in [0, 0.05) is 10.9 Å². The summed E-state index contributed by atoms with van der Waals surface area (Å²) >= 11 is 1.43. The molecule has 6 heteroatoms. The van der Waals surface area contributed by atoms with E-state index < -0.39 is 0 Å². The second-order valence-electron chi connectivity index (χ2n) is 3.43. The Labute approximate surface area is 113 Å². The van der Waals surface area contributed by atoms with Crippen LogP contribution in [0, 0.1) is 0 Å². The number of ether oxygens (including phenoxy) is 2. The van der Waals surface area contributed by atoms with Gasteiger partial charge < -0.3 is 15.2 Å². The molecule has 0 atom stereocenters. The minimum Gasteiger partial charge on any atom is -0.486 e. The van der Waals surface area contributed by atoms with E-state index >= 15 is 0 Å². The lowest BCUT2D eigenvalue weighted by molar-refractivity contribution is 0.171. The van der Waals surface area contributed by atoms with Crippen molar-refractivity contribution < 1.29 is 9.47 Å². The Kier molecular flexibility index (Phi) is 3.54. The van der Waals surface area contributed by atoms with Crippen LogP contribution in [0.5, 0.6) is 11.5 Å². The summed E-state index contributed by atoms with van der Waals surface area (Å²) in [6, 6.07) is 5.80. The Balaban J connectivity index is 0.00000108. The van der Waals surface area contributed by atoms with Gasteiger partial charge in [0.05, 0.1) is 5.69 Å². The van der Waals surface area contributed by atoms with E-state index in [-0.39, 0.29) is 17.0 Å². The van der Waals surface area contributed by atoms with E-state index in [1.165, 1.54) is 11.3 Å². The summed E-state index contributed by atoms with van der Waals surface area (Å²) in [5.74, 6) is 1.56. The topological polar surface area (TPSA) is 57.4 Å². The van der Waals surface area contributed by atoms with Crippen LogP contribution in [0.25, 0.3) is 11.3 Å². The molecule has 17 heavy (non-hydrogen) atoms. The molecule has 2 N–H and O–H groups in total. The third kappa shape index (κ3) is 2.37. The Morgan fingerprint density at radius 2 is 1.94 bits per heavy atom. The van der Waals surface area contributed by atoms with Crippen LogP contribution in [0.4, 0.5) is 5.13 Å². The molecule has 3 rings (SSSR count). The van der Waals surface area contributed by atoms with Gasteiger partial charge in [-0.15, -0.1) is 28.3 Å². The number of fused-ring (bicyclic) bond motifs is 1. The molecule has 1 aromatic heterocycles. The van der Waals surface area contributed by atoms with Crippen molar-refractivity contribution in [2.24, 2.45) is 0 Å². The van der Waals surface area contributed by atoms with Crippen molar-refractivity contribution in [3.05, 3.63) is 23.6 Å². The fourth-order valence-corrected chi connectivity index (χ4v) is 2.20. The zero-order valence-electron chi connectivity index (χ0n) is 8.88. The summed E-state index contributed by atoms with van der Waals surface area (Å²) in [6.07, 6.45) is 0. The van der Waals surface area contributed by atoms with E-state index in [2.05, 4.69) is 4.98 Å². The Morgan fingerprint density at radius 1 is 1.18 bits per heavy atom. The monoisotopic (exact) mass is 314 g/mol. The first-order chi connectivity index (χ1) is 7.83. The number of nitrogen functional groups attached to an aromatic ring is 1. The molecule has 2 aromatic rings. The van der Waals surface area contributed by atoms with Gasteiger partial charge in [-0.05, 0) is 18.2 Å². The molecule has 0 amide bonds. The number of halogens is 1. The van der Waals surface area contributed by atoms with E-state index in [0.717, 1.165) is 22.8 Å². The number of aromatic nitrogens is 1. The summed E-state index contributed by atoms with van der Waals surface area (Å²) in [4.78, 5) is 4.23. The van der Waals surface area contributed by atoms with Gasteiger partial charge in [-0.1, -0.05) is 0 Å². The molecule has 4 nitrogen and oxygen atoms in total. The van der Waals surface area contributed by atoms with E-state index in [4.69, 9.17) is 15.2 Å². The third-order valence-electron chi connectivity index (χ3n) is 2.36. The largest absolute Gasteiger partial charge is 0.486 e. The van der Waals surface area contributed by atoms with Crippen molar-refractivity contribution >= 4 is 33.4 Å². The summed E-state index contributed by atoms with van der Waals surface area (Å²) in [5, 5.41) is 2.51. The van der Waals surface area contributed by atoms with E-state index in [0.29, 0.717) is 18.3 Å². The first-order valence-corrected chi connectivity index (χ1v) is 5.82. The van der Waals surface area contributed by atoms with Gasteiger partial charge in [-0.3, -0.25) is 0 Å². The number of rotatable bonds is 1. The number of anilines is 1. The Morgan fingerprint density at radius 3 is 2.65 bits per heavy atom. The molecule has 1 aliphatic rings. The molecule has 0 aliphatic carbocycles. The molecule has 1 aliphatic heterocycles. The first kappa shape index (κ1) is 12.2. The molecule has 0 bridgehead atoms. The van der Waals surface area contributed by atoms with E-state index in [1.54, 1.807) is 0 Å². The van der Waals surface area contributed by atoms with Crippen molar-refractivity contribution in [1.82, 2.24) is 4.98 Å². The maximum atomic E-state index is 5.61. The lowest BCUT2D eigenvalue weighted by atomic mass is 10.1. The minimum atomic E-state index is 0. The zero-order valence-corrected chi connectivity index (χ0v) is 11.4. The number of nitrogens with zero attached hydrogens (tertiary/aromatic N) is 1. The molecule has 0 unspecified atom stereocenters. The van der Waals surface area contributed by atoms with Crippen LogP contribution in [-0.4, -0.2) is 18.2 Å². The van der Waals surface area contributed by atoms with Gasteiger partial charge in [-0.25, -0.2) is 4.98 Å². The highest BCUT2D eigenvalue weighted by Crippen LogP contribution is 2.34. The Bertz CT molecular complexity index is 530. The third-order valence-corrected chi connectivity index (χ3v) is 3.03. The highest BCUT2D eigenvalue weighted by Gasteiger charge is 2.13. The van der Waals surface area contributed by atoms with E-state index in [1.807, 2.05) is 23.6 Å². The zero-order chi connectivity index (χ0) is 11.0. The molecule has 0 saturated heterocycles. The quantitative estimate of drug-likeness (QED) is 0.879. The van der Waals surface area contributed by atoms with Gasteiger partial charge >= 0.3 is 0 Å². The van der Waals surface area contributed by atoms with Gasteiger partial charge in [0.25, 0.3) is 0 Å². The highest BCUT2D eigenvalue weighted by molar-refractivity contribution is 8.93. The maximum Gasteiger partial charge on any atom is 0.180 e. The van der Waals surface area contributed by atoms with Crippen LogP contribution in [0.15, 0.2) is 23.6 Å². The molecule has 0 radical (unpaired) electrons. The van der Waals surface area contributed by atoms with Crippen LogP contribution in [0.2, 0.25) is 0 Å². The Hall–Kier alpha value is -1.27. The smallest absolute Gasteiger partial charge is 0.180 e. The van der Waals surface area contributed by atoms with Crippen molar-refractivity contribution in [2.75, 3.05) is 18.9 Å². The number of hydrogen-bond donors (Lipinski definition) is 1. The fraction of sp³-hybridized carbons (Fsp3) is 0.182. The summed E-state index contributed by atoms with van der Waals surface area (Å²) in [6.45, 7) is 1.20. The second-order valence-corrected chi connectivity index (χ2v) is 4.32. The second kappa shape index (κ2) is 4.93. The predicted molar refractivity (Wildman–Crippen MR) is 73.3 cm³/mol. The molecule has 90 valence electrons. The van der Waals surface area contributed by atoms with E-state index in [9.17, 15) is 0 Å². The summed E-state index contributed by atoms with van der Waals surface area (Å²) in [5.41, 5.74) is 7.48. The number of hydrogen-bond acceptors (Lipinski definition) is 5. The van der Waals surface area contributed by atoms with Gasteiger partial charge in [0.1, 0.15) is 13.2 Å². The lowest BCUT2D eigenvalue weighted by Crippen LogP contribution is -2.15. The fourth-order valence-electron chi connectivity index (χ4n) is 1.62. The average molecular weight is 315 g/mol. The molecule has 0 spiro atoms. The lowest BCUT2D eigenvalue weighted by Gasteiger charge is -2.18. The first-order valence-electron chi connectivity index (χ1n) is 4.94. The van der Waals surface area contributed by atoms with Crippen LogP contribution in [-0.2, 0) is 0 Å². The van der Waals surface area contributed by atoms with Crippen molar-refractivity contribution in [3.63, 3.8) is 0 Å². The van der Waals surface area contributed by atoms with Crippen molar-refractivity contribution in [3.8, 4) is 22.8 Å². The number of benzene rings is 1. The van der Waals surface area contributed by atoms with Crippen molar-refractivity contribution in [1.29, 1.82) is 0 Å². The summed E-state index contributed by atoms with van der Waals surface area (Å²) < 4.78 is 11.0. The number of nitrogens with two attached hydrogens (primary N) is 1. The van der Waals surface area contributed by atoms with Crippen LogP contribution >= 0.6 is 28.3 Å². The molecule has 0 fully saturated rings. The number of thiazole rings is 1. The van der Waals surface area contributed by atoms with Crippen LogP contribution in [0.3, 0.4) is 0 Å². The molecular formula is C11H11BrN2O2S. The van der Waals surface area contributed by atoms with Gasteiger partial charge in [0.2, 0.25) is 0 Å². The predicted octanol–water partition coefficient (Wildman–Crippen LogP) is 2.74. The van der Waals surface area contributed by atoms with Gasteiger partial charge in [-0.2, -0.15) is 0 Å². The molecule has 0 saturated carbocycles. The highest BCUT2D eigenvalue weighted by atomic mass is 79.9. The maximum absolute atomic E-state index is 5.61. The summed E-state index contributed by atoms with van der Waals surface area (Å²) in [7, 11) is 0. The van der Waals surface area contributed by atoms with Crippen LogP contribution < -0.4 is 15.2 Å². The standard InChI is InChI=1S/C11H10N2O2S.BrH/c12-11-13-8(6-16-11)7-1-2-9-10(5-7)15-4-3-14-9;/h1-2,5-6H,3-4H2,(H2,12,13);1H. The molecule has 2 heterocycles. The normalized spacial score (nSPS) is 12.9. The molecule has 1 aromatic carbocycles. The molecular weight excluding hydrogens is 304 g/mol. The van der Waals surface area contributed by atoms with Crippen molar-refractivity contribution in [2.45, 2.75) is 0 Å². The van der Waals surface area contributed by atoms with Crippen LogP contribution in [0.1, 0.15) is 0 Å². The minimum absolute atomic E-state index is 0. The van der Waals surface area contributed by atoms with Gasteiger partial charge in [0.15, 0.2) is 16.6 Å².